The van der Waals surface area contributed by atoms with Gasteiger partial charge >= 0.3 is 0 Å². The molecule has 60 heavy (non-hydrogen) atoms. The lowest BCUT2D eigenvalue weighted by atomic mass is 9.63. The number of nitrogens with zero attached hydrogens (tertiary/aromatic N) is 2. The summed E-state index contributed by atoms with van der Waals surface area (Å²) in [5.74, 6) is 0.473. The number of anilines is 3. The van der Waals surface area contributed by atoms with Crippen LogP contribution in [-0.4, -0.2) is 4.57 Å². The maximum atomic E-state index is 7.24. The fourth-order valence-corrected chi connectivity index (χ4v) is 11.4. The topological polar surface area (TPSA) is 21.3 Å². The molecule has 3 heteroatoms. The van der Waals surface area contributed by atoms with Crippen LogP contribution in [0, 0.1) is 5.92 Å². The lowest BCUT2D eigenvalue weighted by Crippen LogP contribution is -2.31. The standard InChI is InChI=1S/C57H48N2O/c1-56(2,3)35-27-29-37(30-28-35)58(38-31-32-42-41-21-13-15-25-47(41)59(48(42)33-38)36-17-7-6-8-18-36)49-34-46-53(55-51(49)45-24-14-16-26-50(45)60-55)52-43-22-11-9-19-39(43)40-20-10-12-23-44(40)54(52)57(46,4)5/h6-9,11-19,21-34,52,54H,10,20H2,1-5H3. The third kappa shape index (κ3) is 4.96. The number of aromatic nitrogens is 1. The molecule has 9 aromatic rings. The zero-order valence-electron chi connectivity index (χ0n) is 35.0. The minimum Gasteiger partial charge on any atom is -0.456 e. The molecule has 0 saturated carbocycles. The molecule has 0 fully saturated rings. The number of hydrogen-bond donors (Lipinski definition) is 0. The Hall–Kier alpha value is -6.58. The number of furan rings is 1. The fraction of sp³-hybridized carbons (Fsp3) is 0.193. The van der Waals surface area contributed by atoms with Crippen molar-refractivity contribution in [2.45, 2.75) is 64.2 Å². The van der Waals surface area contributed by atoms with Crippen molar-refractivity contribution in [1.82, 2.24) is 4.57 Å². The third-order valence-corrected chi connectivity index (χ3v) is 14.1. The molecule has 0 aliphatic heterocycles. The molecular formula is C57H48N2O. The van der Waals surface area contributed by atoms with Crippen molar-refractivity contribution in [3.63, 3.8) is 0 Å². The van der Waals surface area contributed by atoms with Crippen molar-refractivity contribution < 1.29 is 4.42 Å². The van der Waals surface area contributed by atoms with E-state index in [9.17, 15) is 0 Å². The van der Waals surface area contributed by atoms with Crippen LogP contribution in [0.4, 0.5) is 17.1 Å². The van der Waals surface area contributed by atoms with Gasteiger partial charge in [0.25, 0.3) is 0 Å². The van der Waals surface area contributed by atoms with Gasteiger partial charge in [0.1, 0.15) is 11.2 Å². The SMILES string of the molecule is CC(C)(C)c1ccc(N(c2ccc3c4ccccc4n(-c4ccccc4)c3c2)c2cc3c(c4oc5ccccc5c24)C2c4ccccc4C4=C(C=CCC4)C2C3(C)C)cc1. The molecular weight excluding hydrogens is 729 g/mol. The summed E-state index contributed by atoms with van der Waals surface area (Å²) in [5.41, 5.74) is 18.6. The first-order valence-corrected chi connectivity index (χ1v) is 21.7. The van der Waals surface area contributed by atoms with E-state index in [-0.39, 0.29) is 22.7 Å². The lowest BCUT2D eigenvalue weighted by molar-refractivity contribution is 0.375. The van der Waals surface area contributed by atoms with E-state index < -0.39 is 0 Å². The molecule has 2 atom stereocenters. The Morgan fingerprint density at radius 3 is 2.20 bits per heavy atom. The molecule has 2 aromatic heterocycles. The summed E-state index contributed by atoms with van der Waals surface area (Å²) in [6.45, 7) is 11.9. The molecule has 0 radical (unpaired) electrons. The van der Waals surface area contributed by atoms with Gasteiger partial charge in [-0.3, -0.25) is 0 Å². The summed E-state index contributed by atoms with van der Waals surface area (Å²) in [4.78, 5) is 2.51. The monoisotopic (exact) mass is 776 g/mol. The van der Waals surface area contributed by atoms with Gasteiger partial charge in [0.2, 0.25) is 0 Å². The second-order valence-electron chi connectivity index (χ2n) is 18.8. The van der Waals surface area contributed by atoms with Crippen LogP contribution in [-0.2, 0) is 10.8 Å². The number of para-hydroxylation sites is 3. The van der Waals surface area contributed by atoms with E-state index in [1.807, 2.05) is 0 Å². The summed E-state index contributed by atoms with van der Waals surface area (Å²) in [6.07, 6.45) is 7.04. The molecule has 0 bridgehead atoms. The van der Waals surface area contributed by atoms with Crippen LogP contribution in [0.5, 0.6) is 0 Å². The van der Waals surface area contributed by atoms with Crippen LogP contribution in [0.1, 0.15) is 81.2 Å². The zero-order chi connectivity index (χ0) is 40.5. The smallest absolute Gasteiger partial charge is 0.141 e. The zero-order valence-corrected chi connectivity index (χ0v) is 35.0. The van der Waals surface area contributed by atoms with Gasteiger partial charge in [-0.05, 0) is 112 Å². The first-order chi connectivity index (χ1) is 29.2. The van der Waals surface area contributed by atoms with Crippen LogP contribution in [0.2, 0.25) is 0 Å². The molecule has 2 unspecified atom stereocenters. The molecule has 0 N–H and O–H groups in total. The molecule has 2 heterocycles. The molecule has 3 aliphatic carbocycles. The lowest BCUT2D eigenvalue weighted by Gasteiger charge is -2.40. The number of benzene rings is 7. The van der Waals surface area contributed by atoms with Gasteiger partial charge in [-0.2, -0.15) is 0 Å². The number of fused-ring (bicyclic) bond motifs is 14. The van der Waals surface area contributed by atoms with E-state index in [0.29, 0.717) is 0 Å². The first-order valence-electron chi connectivity index (χ1n) is 21.7. The summed E-state index contributed by atoms with van der Waals surface area (Å²) in [7, 11) is 0. The molecule has 0 spiro atoms. The highest BCUT2D eigenvalue weighted by Crippen LogP contribution is 2.64. The second kappa shape index (κ2) is 12.7. The Morgan fingerprint density at radius 1 is 0.683 bits per heavy atom. The van der Waals surface area contributed by atoms with Crippen molar-refractivity contribution in [2.24, 2.45) is 5.92 Å². The number of hydrogen-bond acceptors (Lipinski definition) is 2. The van der Waals surface area contributed by atoms with Gasteiger partial charge < -0.3 is 13.9 Å². The van der Waals surface area contributed by atoms with E-state index in [1.165, 1.54) is 66.2 Å². The van der Waals surface area contributed by atoms with Crippen LogP contribution < -0.4 is 4.90 Å². The summed E-state index contributed by atoms with van der Waals surface area (Å²) in [5, 5.41) is 4.80. The van der Waals surface area contributed by atoms with Crippen LogP contribution in [0.3, 0.4) is 0 Å². The van der Waals surface area contributed by atoms with Gasteiger partial charge in [-0.25, -0.2) is 0 Å². The fourth-order valence-electron chi connectivity index (χ4n) is 11.4. The molecule has 3 aliphatic rings. The highest BCUT2D eigenvalue weighted by atomic mass is 16.3. The predicted octanol–water partition coefficient (Wildman–Crippen LogP) is 15.6. The second-order valence-corrected chi connectivity index (χ2v) is 18.8. The van der Waals surface area contributed by atoms with E-state index >= 15 is 0 Å². The van der Waals surface area contributed by atoms with Gasteiger partial charge in [0.05, 0.1) is 22.1 Å². The average Bonchev–Trinajstić information content (AvgIpc) is 3.90. The van der Waals surface area contributed by atoms with Gasteiger partial charge in [0, 0.05) is 50.6 Å². The Balaban J connectivity index is 1.18. The van der Waals surface area contributed by atoms with Crippen molar-refractivity contribution in [3.05, 3.63) is 197 Å². The molecule has 12 rings (SSSR count). The Kier molecular flexibility index (Phi) is 7.49. The van der Waals surface area contributed by atoms with Gasteiger partial charge in [-0.1, -0.05) is 144 Å². The normalized spacial score (nSPS) is 17.9. The highest BCUT2D eigenvalue weighted by molar-refractivity contribution is 6.16. The van der Waals surface area contributed by atoms with E-state index in [2.05, 4.69) is 208 Å². The minimum absolute atomic E-state index is 0.0260. The quantitative estimate of drug-likeness (QED) is 0.178. The van der Waals surface area contributed by atoms with Crippen molar-refractivity contribution in [2.75, 3.05) is 4.90 Å². The summed E-state index contributed by atoms with van der Waals surface area (Å²) >= 11 is 0. The summed E-state index contributed by atoms with van der Waals surface area (Å²) < 4.78 is 9.66. The largest absolute Gasteiger partial charge is 0.456 e. The van der Waals surface area contributed by atoms with Crippen molar-refractivity contribution in [3.8, 4) is 5.69 Å². The average molecular weight is 777 g/mol. The van der Waals surface area contributed by atoms with Crippen LogP contribution in [0.15, 0.2) is 174 Å². The van der Waals surface area contributed by atoms with Crippen LogP contribution >= 0.6 is 0 Å². The third-order valence-electron chi connectivity index (χ3n) is 14.1. The highest BCUT2D eigenvalue weighted by Gasteiger charge is 2.53. The molecule has 292 valence electrons. The van der Waals surface area contributed by atoms with E-state index in [1.54, 1.807) is 0 Å². The van der Waals surface area contributed by atoms with Crippen LogP contribution in [0.25, 0.3) is 55.0 Å². The molecule has 0 saturated heterocycles. The maximum Gasteiger partial charge on any atom is 0.141 e. The molecule has 0 amide bonds. The van der Waals surface area contributed by atoms with Gasteiger partial charge in [0.15, 0.2) is 0 Å². The van der Waals surface area contributed by atoms with Crippen molar-refractivity contribution >= 4 is 66.4 Å². The maximum absolute atomic E-state index is 7.24. The Labute approximate surface area is 351 Å². The van der Waals surface area contributed by atoms with Crippen molar-refractivity contribution in [1.29, 1.82) is 0 Å². The summed E-state index contributed by atoms with van der Waals surface area (Å²) in [6, 6.07) is 56.4. The Morgan fingerprint density at radius 2 is 1.38 bits per heavy atom. The molecule has 7 aromatic carbocycles. The Bertz CT molecular complexity index is 3270. The number of rotatable bonds is 4. The van der Waals surface area contributed by atoms with E-state index in [0.717, 1.165) is 52.1 Å². The number of allylic oxidation sites excluding steroid dienone is 4. The van der Waals surface area contributed by atoms with E-state index in [4.69, 9.17) is 4.42 Å². The molecule has 3 nitrogen and oxygen atoms in total. The predicted molar refractivity (Wildman–Crippen MR) is 252 cm³/mol. The van der Waals surface area contributed by atoms with Gasteiger partial charge in [-0.15, -0.1) is 0 Å². The minimum atomic E-state index is -0.177. The first kappa shape index (κ1) is 35.4.